The summed E-state index contributed by atoms with van der Waals surface area (Å²) in [5, 5.41) is 13.3. The van der Waals surface area contributed by atoms with E-state index in [1.54, 1.807) is 0 Å². The van der Waals surface area contributed by atoms with Crippen molar-refractivity contribution in [3.05, 3.63) is 18.2 Å². The maximum absolute atomic E-state index is 9.95. The molecule has 2 aliphatic rings. The van der Waals surface area contributed by atoms with Gasteiger partial charge in [0.1, 0.15) is 13.2 Å². The number of benzene rings is 1. The molecule has 1 saturated carbocycles. The number of fused-ring (bicyclic) bond motifs is 1. The van der Waals surface area contributed by atoms with Crippen molar-refractivity contribution < 1.29 is 14.6 Å². The van der Waals surface area contributed by atoms with E-state index in [-0.39, 0.29) is 6.04 Å². The Balaban J connectivity index is 1.75. The van der Waals surface area contributed by atoms with Gasteiger partial charge in [-0.05, 0) is 31.9 Å². The van der Waals surface area contributed by atoms with Crippen molar-refractivity contribution in [1.82, 2.24) is 0 Å². The van der Waals surface area contributed by atoms with Crippen LogP contribution in [0.25, 0.3) is 0 Å². The lowest BCUT2D eigenvalue weighted by Gasteiger charge is -2.43. The average Bonchev–Trinajstić information content (AvgIpc) is 2.34. The molecule has 0 unspecified atom stereocenters. The van der Waals surface area contributed by atoms with E-state index in [2.05, 4.69) is 5.32 Å². The molecule has 1 aromatic carbocycles. The second kappa shape index (κ2) is 3.81. The third-order valence-corrected chi connectivity index (χ3v) is 3.57. The highest BCUT2D eigenvalue weighted by molar-refractivity contribution is 5.56. The summed E-state index contributed by atoms with van der Waals surface area (Å²) < 4.78 is 11.0. The molecule has 4 heteroatoms. The van der Waals surface area contributed by atoms with Gasteiger partial charge in [0.05, 0.1) is 11.6 Å². The Bertz CT molecular complexity index is 431. The minimum absolute atomic E-state index is 0.130. The van der Waals surface area contributed by atoms with E-state index in [4.69, 9.17) is 9.47 Å². The first-order valence-corrected chi connectivity index (χ1v) is 6.04. The van der Waals surface area contributed by atoms with Gasteiger partial charge >= 0.3 is 0 Å². The molecule has 1 aliphatic heterocycles. The first-order chi connectivity index (χ1) is 8.15. The van der Waals surface area contributed by atoms with Crippen molar-refractivity contribution in [2.75, 3.05) is 18.5 Å². The summed E-state index contributed by atoms with van der Waals surface area (Å²) in [5.41, 5.74) is 0.381. The minimum atomic E-state index is -0.590. The second-order valence-electron chi connectivity index (χ2n) is 4.95. The SMILES string of the molecule is C[C@]1(O)CC[C@@H]1Nc1ccc2c(c1)OCCO2. The molecule has 1 heterocycles. The number of ether oxygens (including phenoxy) is 2. The molecule has 4 nitrogen and oxygen atoms in total. The predicted octanol–water partition coefficient (Wildman–Crippen LogP) is 1.78. The quantitative estimate of drug-likeness (QED) is 0.820. The third kappa shape index (κ3) is 1.93. The van der Waals surface area contributed by atoms with Crippen LogP contribution in [0.2, 0.25) is 0 Å². The highest BCUT2D eigenvalue weighted by Crippen LogP contribution is 2.37. The van der Waals surface area contributed by atoms with Gasteiger partial charge in [0.2, 0.25) is 0 Å². The van der Waals surface area contributed by atoms with Crippen LogP contribution in [-0.2, 0) is 0 Å². The molecule has 0 amide bonds. The topological polar surface area (TPSA) is 50.7 Å². The Morgan fingerprint density at radius 2 is 2.06 bits per heavy atom. The molecule has 1 aromatic rings. The first-order valence-electron chi connectivity index (χ1n) is 6.04. The van der Waals surface area contributed by atoms with Crippen molar-refractivity contribution in [3.63, 3.8) is 0 Å². The number of hydrogen-bond donors (Lipinski definition) is 2. The molecule has 1 fully saturated rings. The smallest absolute Gasteiger partial charge is 0.163 e. The number of anilines is 1. The van der Waals surface area contributed by atoms with Gasteiger partial charge in [-0.25, -0.2) is 0 Å². The van der Waals surface area contributed by atoms with Crippen molar-refractivity contribution >= 4 is 5.69 Å². The zero-order valence-electron chi connectivity index (χ0n) is 9.90. The molecule has 17 heavy (non-hydrogen) atoms. The second-order valence-corrected chi connectivity index (χ2v) is 4.95. The van der Waals surface area contributed by atoms with Crippen LogP contribution in [0.1, 0.15) is 19.8 Å². The summed E-state index contributed by atoms with van der Waals surface area (Å²) in [6.07, 6.45) is 1.86. The molecular weight excluding hydrogens is 218 g/mol. The fourth-order valence-electron chi connectivity index (χ4n) is 2.27. The van der Waals surface area contributed by atoms with Gasteiger partial charge < -0.3 is 19.9 Å². The lowest BCUT2D eigenvalue weighted by atomic mass is 9.76. The van der Waals surface area contributed by atoms with Crippen LogP contribution in [0.5, 0.6) is 11.5 Å². The van der Waals surface area contributed by atoms with E-state index in [0.717, 1.165) is 30.0 Å². The largest absolute Gasteiger partial charge is 0.486 e. The zero-order chi connectivity index (χ0) is 11.9. The van der Waals surface area contributed by atoms with Gasteiger partial charge in [-0.2, -0.15) is 0 Å². The van der Waals surface area contributed by atoms with E-state index < -0.39 is 5.60 Å². The van der Waals surface area contributed by atoms with Crippen LogP contribution in [0.3, 0.4) is 0 Å². The highest BCUT2D eigenvalue weighted by Gasteiger charge is 2.40. The van der Waals surface area contributed by atoms with E-state index in [9.17, 15) is 5.11 Å². The molecule has 2 atom stereocenters. The molecule has 2 N–H and O–H groups in total. The lowest BCUT2D eigenvalue weighted by Crippen LogP contribution is -2.53. The van der Waals surface area contributed by atoms with E-state index >= 15 is 0 Å². The Morgan fingerprint density at radius 1 is 1.29 bits per heavy atom. The summed E-state index contributed by atoms with van der Waals surface area (Å²) in [4.78, 5) is 0. The van der Waals surface area contributed by atoms with Crippen LogP contribution in [0.15, 0.2) is 18.2 Å². The van der Waals surface area contributed by atoms with Gasteiger partial charge in [-0.15, -0.1) is 0 Å². The standard InChI is InChI=1S/C13H17NO3/c1-13(15)5-4-12(13)14-9-2-3-10-11(8-9)17-7-6-16-10/h2-3,8,12,14-15H,4-7H2,1H3/t12-,13-/m0/s1. The molecule has 1 aliphatic carbocycles. The summed E-state index contributed by atoms with van der Waals surface area (Å²) >= 11 is 0. The lowest BCUT2D eigenvalue weighted by molar-refractivity contribution is -0.0286. The third-order valence-electron chi connectivity index (χ3n) is 3.57. The summed E-state index contributed by atoms with van der Waals surface area (Å²) in [5.74, 6) is 1.57. The van der Waals surface area contributed by atoms with E-state index in [1.165, 1.54) is 0 Å². The van der Waals surface area contributed by atoms with Crippen LogP contribution < -0.4 is 14.8 Å². The normalized spacial score (nSPS) is 30.6. The van der Waals surface area contributed by atoms with Crippen LogP contribution >= 0.6 is 0 Å². The van der Waals surface area contributed by atoms with Gasteiger partial charge in [-0.1, -0.05) is 0 Å². The maximum atomic E-state index is 9.95. The Labute approximate surface area is 101 Å². The van der Waals surface area contributed by atoms with Gasteiger partial charge in [0, 0.05) is 11.8 Å². The zero-order valence-corrected chi connectivity index (χ0v) is 9.90. The molecule has 92 valence electrons. The summed E-state index contributed by atoms with van der Waals surface area (Å²) in [7, 11) is 0. The maximum Gasteiger partial charge on any atom is 0.163 e. The number of hydrogen-bond acceptors (Lipinski definition) is 4. The number of nitrogens with one attached hydrogen (secondary N) is 1. The highest BCUT2D eigenvalue weighted by atomic mass is 16.6. The van der Waals surface area contributed by atoms with E-state index in [0.29, 0.717) is 13.2 Å². The van der Waals surface area contributed by atoms with Gasteiger partial charge in [-0.3, -0.25) is 0 Å². The fourth-order valence-corrected chi connectivity index (χ4v) is 2.27. The molecule has 0 saturated heterocycles. The van der Waals surface area contributed by atoms with Crippen LogP contribution in [-0.4, -0.2) is 30.0 Å². The molecule has 0 radical (unpaired) electrons. The first kappa shape index (κ1) is 10.7. The number of rotatable bonds is 2. The fraction of sp³-hybridized carbons (Fsp3) is 0.538. The van der Waals surface area contributed by atoms with Gasteiger partial charge in [0.15, 0.2) is 11.5 Å². The van der Waals surface area contributed by atoms with Crippen LogP contribution in [0, 0.1) is 0 Å². The molecule has 0 spiro atoms. The number of aliphatic hydroxyl groups is 1. The van der Waals surface area contributed by atoms with Crippen molar-refractivity contribution in [2.24, 2.45) is 0 Å². The minimum Gasteiger partial charge on any atom is -0.486 e. The summed E-state index contributed by atoms with van der Waals surface area (Å²) in [6, 6.07) is 5.93. The van der Waals surface area contributed by atoms with E-state index in [1.807, 2.05) is 25.1 Å². The molecule has 0 aromatic heterocycles. The van der Waals surface area contributed by atoms with Crippen molar-refractivity contribution in [1.29, 1.82) is 0 Å². The molecule has 3 rings (SSSR count). The Hall–Kier alpha value is -1.42. The Morgan fingerprint density at radius 3 is 2.71 bits per heavy atom. The Kier molecular flexibility index (Phi) is 2.40. The molecule has 0 bridgehead atoms. The monoisotopic (exact) mass is 235 g/mol. The summed E-state index contributed by atoms with van der Waals surface area (Å²) in [6.45, 7) is 3.07. The molecular formula is C13H17NO3. The van der Waals surface area contributed by atoms with Gasteiger partial charge in [0.25, 0.3) is 0 Å². The predicted molar refractivity (Wildman–Crippen MR) is 64.7 cm³/mol. The average molecular weight is 235 g/mol. The van der Waals surface area contributed by atoms with Crippen LogP contribution in [0.4, 0.5) is 5.69 Å². The van der Waals surface area contributed by atoms with Crippen molar-refractivity contribution in [3.8, 4) is 11.5 Å². The van der Waals surface area contributed by atoms with Crippen molar-refractivity contribution in [2.45, 2.75) is 31.4 Å².